The molecule has 0 heterocycles. The lowest BCUT2D eigenvalue weighted by atomic mass is 10.1. The molecular formula is C83H136O17P2. The monoisotopic (exact) mass is 1470 g/mol. The fourth-order valence-corrected chi connectivity index (χ4v) is 11.3. The first-order valence-electron chi connectivity index (χ1n) is 38.7. The van der Waals surface area contributed by atoms with Gasteiger partial charge in [0.05, 0.1) is 26.4 Å². The number of aliphatic hydroxyl groups is 1. The zero-order valence-corrected chi connectivity index (χ0v) is 65.0. The van der Waals surface area contributed by atoms with Gasteiger partial charge in [-0.1, -0.05) is 276 Å². The van der Waals surface area contributed by atoms with Crippen molar-refractivity contribution in [3.8, 4) is 0 Å². The van der Waals surface area contributed by atoms with Gasteiger partial charge in [0.1, 0.15) is 19.3 Å². The van der Waals surface area contributed by atoms with Gasteiger partial charge in [-0.05, 0) is 141 Å². The summed E-state index contributed by atoms with van der Waals surface area (Å²) in [6, 6.07) is 0. The molecular weight excluding hydrogens is 1330 g/mol. The van der Waals surface area contributed by atoms with E-state index in [2.05, 4.69) is 174 Å². The lowest BCUT2D eigenvalue weighted by Gasteiger charge is -2.21. The molecule has 0 aromatic carbocycles. The van der Waals surface area contributed by atoms with Crippen LogP contribution in [-0.2, 0) is 65.4 Å². The van der Waals surface area contributed by atoms with Gasteiger partial charge < -0.3 is 33.8 Å². The second kappa shape index (κ2) is 74.0. The predicted molar refractivity (Wildman–Crippen MR) is 417 cm³/mol. The summed E-state index contributed by atoms with van der Waals surface area (Å²) in [4.78, 5) is 72.9. The minimum absolute atomic E-state index is 0.0333. The first-order valence-corrected chi connectivity index (χ1v) is 41.7. The quantitative estimate of drug-likeness (QED) is 0.0169. The number of aliphatic hydroxyl groups excluding tert-OH is 1. The van der Waals surface area contributed by atoms with Crippen molar-refractivity contribution >= 4 is 39.5 Å². The summed E-state index contributed by atoms with van der Waals surface area (Å²) < 4.78 is 68.4. The van der Waals surface area contributed by atoms with E-state index < -0.39 is 97.5 Å². The van der Waals surface area contributed by atoms with E-state index in [1.165, 1.54) is 38.5 Å². The topological polar surface area (TPSA) is 237 Å². The summed E-state index contributed by atoms with van der Waals surface area (Å²) in [5.74, 6) is -2.31. The van der Waals surface area contributed by atoms with Crippen molar-refractivity contribution in [2.24, 2.45) is 0 Å². The van der Waals surface area contributed by atoms with Gasteiger partial charge in [-0.3, -0.25) is 37.3 Å². The molecule has 5 unspecified atom stereocenters. The number of carbonyl (C=O) groups excluding carboxylic acids is 4. The minimum Gasteiger partial charge on any atom is -0.462 e. The van der Waals surface area contributed by atoms with E-state index in [4.69, 9.17) is 37.0 Å². The van der Waals surface area contributed by atoms with Gasteiger partial charge in [-0.2, -0.15) is 0 Å². The zero-order valence-electron chi connectivity index (χ0n) is 63.2. The summed E-state index contributed by atoms with van der Waals surface area (Å²) in [7, 11) is -9.99. The summed E-state index contributed by atoms with van der Waals surface area (Å²) >= 11 is 0. The Morgan fingerprint density at radius 1 is 0.284 bits per heavy atom. The highest BCUT2D eigenvalue weighted by molar-refractivity contribution is 7.47. The van der Waals surface area contributed by atoms with Gasteiger partial charge in [0.25, 0.3) is 0 Å². The molecule has 0 rings (SSSR count). The van der Waals surface area contributed by atoms with Crippen LogP contribution in [0.15, 0.2) is 158 Å². The van der Waals surface area contributed by atoms with Crippen LogP contribution in [0.1, 0.15) is 285 Å². The molecule has 3 N–H and O–H groups in total. The number of unbranched alkanes of at least 4 members (excludes halogenated alkanes) is 19. The van der Waals surface area contributed by atoms with Crippen molar-refractivity contribution in [1.29, 1.82) is 0 Å². The molecule has 0 amide bonds. The van der Waals surface area contributed by atoms with E-state index in [1.807, 2.05) is 12.2 Å². The van der Waals surface area contributed by atoms with Crippen LogP contribution >= 0.6 is 15.6 Å². The largest absolute Gasteiger partial charge is 0.472 e. The molecule has 19 heteroatoms. The maximum Gasteiger partial charge on any atom is 0.472 e. The number of ether oxygens (including phenoxy) is 4. The molecule has 0 aliphatic rings. The van der Waals surface area contributed by atoms with E-state index in [9.17, 15) is 43.2 Å². The van der Waals surface area contributed by atoms with Gasteiger partial charge in [0, 0.05) is 25.7 Å². The van der Waals surface area contributed by atoms with E-state index in [-0.39, 0.29) is 25.7 Å². The number of esters is 4. The smallest absolute Gasteiger partial charge is 0.462 e. The summed E-state index contributed by atoms with van der Waals surface area (Å²) in [6.45, 7) is 4.38. The van der Waals surface area contributed by atoms with Crippen LogP contribution in [-0.4, -0.2) is 96.7 Å². The Kier molecular flexibility index (Phi) is 70.1. The first-order chi connectivity index (χ1) is 49.7. The molecule has 0 saturated carbocycles. The fraction of sp³-hybridized carbons (Fsp3) is 0.639. The molecule has 0 aromatic heterocycles. The van der Waals surface area contributed by atoms with Crippen LogP contribution in [0.4, 0.5) is 0 Å². The Morgan fingerprint density at radius 3 is 0.843 bits per heavy atom. The molecule has 580 valence electrons. The molecule has 0 spiro atoms. The number of rotatable bonds is 71. The highest BCUT2D eigenvalue weighted by atomic mass is 31.2. The maximum atomic E-state index is 13.1. The maximum absolute atomic E-state index is 13.1. The van der Waals surface area contributed by atoms with E-state index in [0.29, 0.717) is 38.5 Å². The lowest BCUT2D eigenvalue weighted by Crippen LogP contribution is -2.30. The molecule has 0 aliphatic carbocycles. The number of carbonyl (C=O) groups is 4. The Hall–Kier alpha value is -5.32. The van der Waals surface area contributed by atoms with Crippen molar-refractivity contribution in [2.75, 3.05) is 39.6 Å². The third-order valence-corrected chi connectivity index (χ3v) is 17.4. The third kappa shape index (κ3) is 73.0. The minimum atomic E-state index is -5.00. The normalized spacial score (nSPS) is 14.8. The van der Waals surface area contributed by atoms with E-state index in [1.54, 1.807) is 0 Å². The van der Waals surface area contributed by atoms with Crippen molar-refractivity contribution in [2.45, 2.75) is 303 Å². The predicted octanol–water partition coefficient (Wildman–Crippen LogP) is 22.4. The number of phosphoric acid groups is 2. The second-order valence-corrected chi connectivity index (χ2v) is 28.1. The summed E-state index contributed by atoms with van der Waals surface area (Å²) in [5, 5.41) is 10.6. The molecule has 0 saturated heterocycles. The van der Waals surface area contributed by atoms with Gasteiger partial charge >= 0.3 is 39.5 Å². The molecule has 0 aromatic rings. The Bertz CT molecular complexity index is 2550. The summed E-state index contributed by atoms with van der Waals surface area (Å²) in [5.41, 5.74) is 0. The van der Waals surface area contributed by atoms with Crippen LogP contribution in [0.3, 0.4) is 0 Å². The van der Waals surface area contributed by atoms with Gasteiger partial charge in [-0.15, -0.1) is 0 Å². The van der Waals surface area contributed by atoms with Gasteiger partial charge in [-0.25, -0.2) is 9.13 Å². The Morgan fingerprint density at radius 2 is 0.520 bits per heavy atom. The fourth-order valence-electron chi connectivity index (χ4n) is 9.71. The zero-order chi connectivity index (χ0) is 74.6. The highest BCUT2D eigenvalue weighted by Gasteiger charge is 2.30. The van der Waals surface area contributed by atoms with Crippen molar-refractivity contribution in [3.05, 3.63) is 158 Å². The van der Waals surface area contributed by atoms with Gasteiger partial charge in [0.2, 0.25) is 0 Å². The molecule has 0 aliphatic heterocycles. The van der Waals surface area contributed by atoms with Crippen LogP contribution in [0, 0.1) is 0 Å². The van der Waals surface area contributed by atoms with E-state index >= 15 is 0 Å². The Balaban J connectivity index is 5.42. The SMILES string of the molecule is CC/C=C\C/C=C\C/C=C\C/C=C\C/C=C\CCCC(=O)OCC(COP(=O)(O)OCC(O)COP(=O)(O)OCC(COC(=O)CCCCCCCC/C=C\C/C=C\C/C=C\C/C=C\CC)OC(=O)CCCC/C=C\C/C=C\C/C=C\C/C=C\CC)OC(=O)CCCCCCCCCCCCC. The standard InChI is InChI=1S/C83H136O17P2/c1-5-9-13-17-21-25-29-32-35-37-38-40-43-45-49-52-56-60-64-68-81(86)94-74-79(100-83(88)70-66-62-58-54-50-46-41-34-31-27-23-19-15-11-7-3)76-98-102(91,92)96-72-77(84)71-95-101(89,90)97-75-78(99-82(87)69-65-61-57-53-47-28-24-20-16-12-8-4)73-93-80(85)67-63-59-55-51-48-44-42-39-36-33-30-26-22-18-14-10-6-2/h9-11,13-15,21-23,25-27,32-36,38,40-42,44,50-51,54-55,77-79,84H,5-8,12,16-20,24,28-31,37,39,43,45-49,52-53,56-76H2,1-4H3,(H,89,90)(H,91,92)/b13-9-,14-10-,15-11-,25-21-,26-22-,27-23-,35-32-,36-33-,40-38-,41-34-,44-42-,54-50-,55-51-. The van der Waals surface area contributed by atoms with Crippen LogP contribution in [0.2, 0.25) is 0 Å². The average Bonchev–Trinajstić information content (AvgIpc) is 0.926. The lowest BCUT2D eigenvalue weighted by molar-refractivity contribution is -0.161. The second-order valence-electron chi connectivity index (χ2n) is 25.2. The van der Waals surface area contributed by atoms with Crippen LogP contribution in [0.25, 0.3) is 0 Å². The number of phosphoric ester groups is 2. The number of hydrogen-bond acceptors (Lipinski definition) is 15. The molecule has 17 nitrogen and oxygen atoms in total. The number of hydrogen-bond donors (Lipinski definition) is 3. The van der Waals surface area contributed by atoms with Gasteiger partial charge in [0.15, 0.2) is 12.2 Å². The van der Waals surface area contributed by atoms with Crippen LogP contribution < -0.4 is 0 Å². The molecule has 0 fully saturated rings. The first kappa shape index (κ1) is 96.7. The molecule has 0 radical (unpaired) electrons. The highest BCUT2D eigenvalue weighted by Crippen LogP contribution is 2.45. The summed E-state index contributed by atoms with van der Waals surface area (Å²) in [6.07, 6.45) is 85.3. The Labute approximate surface area is 617 Å². The molecule has 102 heavy (non-hydrogen) atoms. The molecule has 0 bridgehead atoms. The van der Waals surface area contributed by atoms with Crippen LogP contribution in [0.5, 0.6) is 0 Å². The number of allylic oxidation sites excluding steroid dienone is 26. The van der Waals surface area contributed by atoms with Crippen molar-refractivity contribution in [1.82, 2.24) is 0 Å². The van der Waals surface area contributed by atoms with E-state index in [0.717, 1.165) is 154 Å². The average molecular weight is 1470 g/mol. The van der Waals surface area contributed by atoms with Crippen molar-refractivity contribution < 1.29 is 80.2 Å². The van der Waals surface area contributed by atoms with Crippen molar-refractivity contribution in [3.63, 3.8) is 0 Å². The third-order valence-electron chi connectivity index (χ3n) is 15.5. The molecule has 5 atom stereocenters.